The Kier molecular flexibility index (Phi) is 4.01. The van der Waals surface area contributed by atoms with E-state index < -0.39 is 0 Å². The molecule has 1 aromatic carbocycles. The minimum atomic E-state index is 0.507. The molecule has 0 bridgehead atoms. The summed E-state index contributed by atoms with van der Waals surface area (Å²) in [5.41, 5.74) is 4.96. The lowest BCUT2D eigenvalue weighted by atomic mass is 10.1. The van der Waals surface area contributed by atoms with E-state index in [2.05, 4.69) is 45.0 Å². The predicted molar refractivity (Wildman–Crippen MR) is 85.2 cm³/mol. The lowest BCUT2D eigenvalue weighted by Crippen LogP contribution is -2.15. The van der Waals surface area contributed by atoms with Crippen LogP contribution in [0.3, 0.4) is 0 Å². The molecule has 0 radical (unpaired) electrons. The van der Waals surface area contributed by atoms with E-state index in [1.54, 1.807) is 0 Å². The SMILES string of the molecule is Cc1c(NN)nc(C2CC2)nc1NCCc1ccccc1. The highest BCUT2D eigenvalue weighted by Crippen LogP contribution is 2.39. The number of hydrogen-bond donors (Lipinski definition) is 3. The molecule has 2 aromatic rings. The molecule has 0 amide bonds. The summed E-state index contributed by atoms with van der Waals surface area (Å²) < 4.78 is 0. The van der Waals surface area contributed by atoms with Gasteiger partial charge in [0, 0.05) is 18.0 Å². The quantitative estimate of drug-likeness (QED) is 0.561. The van der Waals surface area contributed by atoms with E-state index in [0.717, 1.165) is 30.2 Å². The molecule has 5 heteroatoms. The molecule has 1 aromatic heterocycles. The maximum atomic E-state index is 5.56. The number of rotatable bonds is 6. The summed E-state index contributed by atoms with van der Waals surface area (Å²) in [5.74, 6) is 8.57. The summed E-state index contributed by atoms with van der Waals surface area (Å²) in [5, 5.41) is 3.41. The van der Waals surface area contributed by atoms with Gasteiger partial charge in [0.1, 0.15) is 17.5 Å². The van der Waals surface area contributed by atoms with Gasteiger partial charge >= 0.3 is 0 Å². The molecule has 0 saturated heterocycles. The van der Waals surface area contributed by atoms with Crippen LogP contribution in [0.15, 0.2) is 30.3 Å². The van der Waals surface area contributed by atoms with Gasteiger partial charge in [0.15, 0.2) is 0 Å². The molecular formula is C16H21N5. The Morgan fingerprint density at radius 1 is 1.14 bits per heavy atom. The van der Waals surface area contributed by atoms with E-state index in [0.29, 0.717) is 11.7 Å². The van der Waals surface area contributed by atoms with Crippen molar-refractivity contribution < 1.29 is 0 Å². The fraction of sp³-hybridized carbons (Fsp3) is 0.375. The zero-order valence-corrected chi connectivity index (χ0v) is 12.3. The van der Waals surface area contributed by atoms with Crippen molar-refractivity contribution in [2.45, 2.75) is 32.1 Å². The fourth-order valence-electron chi connectivity index (χ4n) is 2.34. The van der Waals surface area contributed by atoms with E-state index in [-0.39, 0.29) is 0 Å². The standard InChI is InChI=1S/C16H21N5/c1-11-14(18-10-9-12-5-3-2-4-6-12)19-16(13-7-8-13)20-15(11)21-17/h2-6,13H,7-10,17H2,1H3,(H2,18,19,20,21). The fourth-order valence-corrected chi connectivity index (χ4v) is 2.34. The minimum Gasteiger partial charge on any atom is -0.369 e. The first-order valence-corrected chi connectivity index (χ1v) is 7.41. The van der Waals surface area contributed by atoms with Crippen LogP contribution < -0.4 is 16.6 Å². The van der Waals surface area contributed by atoms with Gasteiger partial charge in [0.2, 0.25) is 0 Å². The number of anilines is 2. The smallest absolute Gasteiger partial charge is 0.148 e. The molecule has 1 saturated carbocycles. The van der Waals surface area contributed by atoms with Crippen molar-refractivity contribution in [3.63, 3.8) is 0 Å². The normalized spacial score (nSPS) is 14.0. The molecule has 21 heavy (non-hydrogen) atoms. The number of nitrogen functional groups attached to an aromatic ring is 1. The summed E-state index contributed by atoms with van der Waals surface area (Å²) in [4.78, 5) is 9.15. The molecule has 0 spiro atoms. The Balaban J connectivity index is 1.70. The summed E-state index contributed by atoms with van der Waals surface area (Å²) in [6.07, 6.45) is 3.32. The Morgan fingerprint density at radius 2 is 1.86 bits per heavy atom. The topological polar surface area (TPSA) is 75.9 Å². The summed E-state index contributed by atoms with van der Waals surface area (Å²) in [7, 11) is 0. The van der Waals surface area contributed by atoms with Crippen molar-refractivity contribution in [3.8, 4) is 0 Å². The van der Waals surface area contributed by atoms with Crippen molar-refractivity contribution in [1.82, 2.24) is 9.97 Å². The van der Waals surface area contributed by atoms with Crippen LogP contribution in [0.1, 0.15) is 35.7 Å². The first kappa shape index (κ1) is 13.8. The maximum Gasteiger partial charge on any atom is 0.148 e. The highest BCUT2D eigenvalue weighted by molar-refractivity contribution is 5.57. The minimum absolute atomic E-state index is 0.507. The molecule has 1 aliphatic rings. The highest BCUT2D eigenvalue weighted by atomic mass is 15.3. The first-order chi connectivity index (χ1) is 10.3. The summed E-state index contributed by atoms with van der Waals surface area (Å²) in [6, 6.07) is 10.4. The number of hydrogen-bond acceptors (Lipinski definition) is 5. The average molecular weight is 283 g/mol. The number of aromatic nitrogens is 2. The third kappa shape index (κ3) is 3.31. The van der Waals surface area contributed by atoms with Gasteiger partial charge in [-0.25, -0.2) is 15.8 Å². The van der Waals surface area contributed by atoms with Gasteiger partial charge in [-0.1, -0.05) is 30.3 Å². The largest absolute Gasteiger partial charge is 0.369 e. The van der Waals surface area contributed by atoms with Gasteiger partial charge in [-0.3, -0.25) is 0 Å². The molecule has 110 valence electrons. The van der Waals surface area contributed by atoms with Crippen LogP contribution >= 0.6 is 0 Å². The van der Waals surface area contributed by atoms with E-state index in [4.69, 9.17) is 5.84 Å². The highest BCUT2D eigenvalue weighted by Gasteiger charge is 2.28. The van der Waals surface area contributed by atoms with Crippen molar-refractivity contribution in [2.24, 2.45) is 5.84 Å². The van der Waals surface area contributed by atoms with Crippen LogP contribution in [0.4, 0.5) is 11.6 Å². The molecule has 0 aliphatic heterocycles. The number of nitrogens with one attached hydrogen (secondary N) is 2. The second-order valence-corrected chi connectivity index (χ2v) is 5.49. The molecule has 4 N–H and O–H groups in total. The average Bonchev–Trinajstić information content (AvgIpc) is 3.35. The van der Waals surface area contributed by atoms with E-state index in [1.165, 1.54) is 18.4 Å². The Bertz CT molecular complexity index is 608. The third-order valence-corrected chi connectivity index (χ3v) is 3.79. The van der Waals surface area contributed by atoms with E-state index in [9.17, 15) is 0 Å². The number of hydrazine groups is 1. The molecule has 0 atom stereocenters. The lowest BCUT2D eigenvalue weighted by molar-refractivity contribution is 0.905. The lowest BCUT2D eigenvalue weighted by Gasteiger charge is -2.13. The Hall–Kier alpha value is -2.14. The van der Waals surface area contributed by atoms with Gasteiger partial charge < -0.3 is 10.7 Å². The monoisotopic (exact) mass is 283 g/mol. The Morgan fingerprint density at radius 3 is 2.52 bits per heavy atom. The van der Waals surface area contributed by atoms with Gasteiger partial charge in [-0.05, 0) is 31.7 Å². The number of nitrogens with two attached hydrogens (primary N) is 1. The summed E-state index contributed by atoms with van der Waals surface area (Å²) in [6.45, 7) is 2.83. The molecule has 3 rings (SSSR count). The second-order valence-electron chi connectivity index (χ2n) is 5.49. The van der Waals surface area contributed by atoms with E-state index >= 15 is 0 Å². The van der Waals surface area contributed by atoms with Crippen LogP contribution in [0.5, 0.6) is 0 Å². The molecule has 5 nitrogen and oxygen atoms in total. The number of benzene rings is 1. The molecule has 0 unspecified atom stereocenters. The molecule has 1 aliphatic carbocycles. The molecule has 1 heterocycles. The predicted octanol–water partition coefficient (Wildman–Crippen LogP) is 2.60. The van der Waals surface area contributed by atoms with Crippen LogP contribution in [0.25, 0.3) is 0 Å². The second kappa shape index (κ2) is 6.10. The third-order valence-electron chi connectivity index (χ3n) is 3.79. The zero-order chi connectivity index (χ0) is 14.7. The van der Waals surface area contributed by atoms with Gasteiger partial charge in [0.25, 0.3) is 0 Å². The van der Waals surface area contributed by atoms with E-state index in [1.807, 2.05) is 13.0 Å². The van der Waals surface area contributed by atoms with Gasteiger partial charge in [0.05, 0.1) is 0 Å². The maximum absolute atomic E-state index is 5.56. The van der Waals surface area contributed by atoms with Gasteiger partial charge in [-0.15, -0.1) is 0 Å². The van der Waals surface area contributed by atoms with Crippen LogP contribution in [0, 0.1) is 6.92 Å². The van der Waals surface area contributed by atoms with Crippen LogP contribution in [0.2, 0.25) is 0 Å². The summed E-state index contributed by atoms with van der Waals surface area (Å²) >= 11 is 0. The zero-order valence-electron chi connectivity index (χ0n) is 12.3. The van der Waals surface area contributed by atoms with Crippen LogP contribution in [-0.4, -0.2) is 16.5 Å². The molecule has 1 fully saturated rings. The Labute approximate surface area is 125 Å². The number of nitrogens with zero attached hydrogens (tertiary/aromatic N) is 2. The van der Waals surface area contributed by atoms with Crippen molar-refractivity contribution in [1.29, 1.82) is 0 Å². The van der Waals surface area contributed by atoms with Crippen molar-refractivity contribution in [3.05, 3.63) is 47.3 Å². The van der Waals surface area contributed by atoms with Crippen LogP contribution in [-0.2, 0) is 6.42 Å². The van der Waals surface area contributed by atoms with Gasteiger partial charge in [-0.2, -0.15) is 0 Å². The molecular weight excluding hydrogens is 262 g/mol. The van der Waals surface area contributed by atoms with Crippen molar-refractivity contribution in [2.75, 3.05) is 17.3 Å². The first-order valence-electron chi connectivity index (χ1n) is 7.41. The van der Waals surface area contributed by atoms with Crippen molar-refractivity contribution >= 4 is 11.6 Å².